The highest BCUT2D eigenvalue weighted by Crippen LogP contribution is 2.27. The Hall–Kier alpha value is -2.85. The molecule has 0 aliphatic rings. The van der Waals surface area contributed by atoms with Gasteiger partial charge in [-0.05, 0) is 24.6 Å². The van der Waals surface area contributed by atoms with Gasteiger partial charge in [-0.1, -0.05) is 0 Å². The van der Waals surface area contributed by atoms with E-state index in [-0.39, 0.29) is 23.9 Å². The molecule has 0 aliphatic carbocycles. The van der Waals surface area contributed by atoms with Gasteiger partial charge in [-0.15, -0.1) is 0 Å². The molecule has 7 nitrogen and oxygen atoms in total. The minimum Gasteiger partial charge on any atom is -0.467 e. The maximum atomic E-state index is 10.7. The van der Waals surface area contributed by atoms with Crippen molar-refractivity contribution in [1.82, 2.24) is 0 Å². The van der Waals surface area contributed by atoms with Gasteiger partial charge < -0.3 is 14.8 Å². The SMILES string of the molecule is N#Cc1cc([N+](=O)[O-])ccc1NC(CCO)c1ccco1. The molecular weight excluding hydrogens is 274 g/mol. The Balaban J connectivity index is 2.29. The van der Waals surface area contributed by atoms with E-state index in [0.29, 0.717) is 17.9 Å². The molecule has 2 N–H and O–H groups in total. The van der Waals surface area contributed by atoms with E-state index in [0.717, 1.165) is 0 Å². The normalized spacial score (nSPS) is 11.6. The lowest BCUT2D eigenvalue weighted by Crippen LogP contribution is -2.12. The highest BCUT2D eigenvalue weighted by Gasteiger charge is 2.17. The number of nitriles is 1. The average molecular weight is 287 g/mol. The van der Waals surface area contributed by atoms with Crippen LogP contribution in [-0.2, 0) is 0 Å². The number of benzene rings is 1. The molecule has 0 fully saturated rings. The summed E-state index contributed by atoms with van der Waals surface area (Å²) in [5.41, 5.74) is 0.477. The fourth-order valence-corrected chi connectivity index (χ4v) is 1.96. The van der Waals surface area contributed by atoms with E-state index in [1.807, 2.05) is 6.07 Å². The molecule has 2 aromatic rings. The third-order valence-electron chi connectivity index (χ3n) is 2.97. The van der Waals surface area contributed by atoms with Crippen molar-refractivity contribution >= 4 is 11.4 Å². The highest BCUT2D eigenvalue weighted by atomic mass is 16.6. The maximum Gasteiger partial charge on any atom is 0.270 e. The van der Waals surface area contributed by atoms with Gasteiger partial charge in [0.1, 0.15) is 11.8 Å². The van der Waals surface area contributed by atoms with Crippen molar-refractivity contribution in [3.05, 3.63) is 58.0 Å². The predicted octanol–water partition coefficient (Wildman–Crippen LogP) is 2.60. The van der Waals surface area contributed by atoms with Gasteiger partial charge in [-0.25, -0.2) is 0 Å². The van der Waals surface area contributed by atoms with E-state index >= 15 is 0 Å². The molecule has 1 aromatic carbocycles. The molecule has 0 saturated heterocycles. The molecule has 1 unspecified atom stereocenters. The summed E-state index contributed by atoms with van der Waals surface area (Å²) in [6.07, 6.45) is 1.90. The van der Waals surface area contributed by atoms with Crippen molar-refractivity contribution in [3.8, 4) is 6.07 Å². The second kappa shape index (κ2) is 6.54. The first-order valence-electron chi connectivity index (χ1n) is 6.25. The quantitative estimate of drug-likeness (QED) is 0.623. The summed E-state index contributed by atoms with van der Waals surface area (Å²) < 4.78 is 5.29. The van der Waals surface area contributed by atoms with Gasteiger partial charge in [0, 0.05) is 18.7 Å². The van der Waals surface area contributed by atoms with Crippen LogP contribution in [0.3, 0.4) is 0 Å². The van der Waals surface area contributed by atoms with Gasteiger partial charge in [-0.3, -0.25) is 10.1 Å². The van der Waals surface area contributed by atoms with Crippen LogP contribution in [0.1, 0.15) is 23.8 Å². The lowest BCUT2D eigenvalue weighted by Gasteiger charge is -2.17. The van der Waals surface area contributed by atoms with Crippen LogP contribution in [0, 0.1) is 21.4 Å². The van der Waals surface area contributed by atoms with E-state index in [1.165, 1.54) is 24.5 Å². The molecule has 1 heterocycles. The molecule has 0 aliphatic heterocycles. The van der Waals surface area contributed by atoms with Gasteiger partial charge >= 0.3 is 0 Å². The van der Waals surface area contributed by atoms with Gasteiger partial charge in [0.05, 0.1) is 28.5 Å². The van der Waals surface area contributed by atoms with E-state index < -0.39 is 4.92 Å². The van der Waals surface area contributed by atoms with E-state index in [1.54, 1.807) is 12.1 Å². The summed E-state index contributed by atoms with van der Waals surface area (Å²) in [4.78, 5) is 10.2. The number of rotatable bonds is 6. The molecule has 0 radical (unpaired) electrons. The van der Waals surface area contributed by atoms with Crippen LogP contribution >= 0.6 is 0 Å². The minimum absolute atomic E-state index is 0.0623. The Kier molecular flexibility index (Phi) is 4.53. The Labute approximate surface area is 120 Å². The predicted molar refractivity (Wildman–Crippen MR) is 74.6 cm³/mol. The number of hydrogen-bond donors (Lipinski definition) is 2. The molecule has 21 heavy (non-hydrogen) atoms. The second-order valence-electron chi connectivity index (χ2n) is 4.32. The van der Waals surface area contributed by atoms with Crippen LogP contribution in [0.5, 0.6) is 0 Å². The fraction of sp³-hybridized carbons (Fsp3) is 0.214. The van der Waals surface area contributed by atoms with Gasteiger partial charge in [-0.2, -0.15) is 5.26 Å². The number of nitro benzene ring substituents is 1. The lowest BCUT2D eigenvalue weighted by atomic mass is 10.1. The topological polar surface area (TPSA) is 112 Å². The minimum atomic E-state index is -0.553. The molecule has 0 bridgehead atoms. The van der Waals surface area contributed by atoms with Gasteiger partial charge in [0.15, 0.2) is 0 Å². The molecule has 1 aromatic heterocycles. The maximum absolute atomic E-state index is 10.7. The Morgan fingerprint density at radius 1 is 1.48 bits per heavy atom. The number of non-ortho nitro benzene ring substituents is 1. The monoisotopic (exact) mass is 287 g/mol. The summed E-state index contributed by atoms with van der Waals surface area (Å²) in [7, 11) is 0. The Morgan fingerprint density at radius 3 is 2.86 bits per heavy atom. The molecule has 7 heteroatoms. The van der Waals surface area contributed by atoms with Crippen molar-refractivity contribution in [3.63, 3.8) is 0 Å². The fourth-order valence-electron chi connectivity index (χ4n) is 1.96. The zero-order chi connectivity index (χ0) is 15.2. The van der Waals surface area contributed by atoms with Crippen LogP contribution < -0.4 is 5.32 Å². The standard InChI is InChI=1S/C14H13N3O4/c15-9-10-8-11(17(19)20)3-4-12(10)16-13(5-6-18)14-2-1-7-21-14/h1-4,7-8,13,16,18H,5-6H2. The van der Waals surface area contributed by atoms with Gasteiger partial charge in [0.2, 0.25) is 0 Å². The number of anilines is 1. The zero-order valence-corrected chi connectivity index (χ0v) is 11.0. The first kappa shape index (κ1) is 14.6. The highest BCUT2D eigenvalue weighted by molar-refractivity contribution is 5.62. The molecular formula is C14H13N3O4. The first-order valence-corrected chi connectivity index (χ1v) is 6.25. The Morgan fingerprint density at radius 2 is 2.29 bits per heavy atom. The number of aliphatic hydroxyl groups excluding tert-OH is 1. The van der Waals surface area contributed by atoms with E-state index in [9.17, 15) is 10.1 Å². The van der Waals surface area contributed by atoms with Crippen LogP contribution in [0.2, 0.25) is 0 Å². The van der Waals surface area contributed by atoms with Crippen molar-refractivity contribution in [2.75, 3.05) is 11.9 Å². The van der Waals surface area contributed by atoms with Crippen LogP contribution in [0.4, 0.5) is 11.4 Å². The molecule has 1 atom stereocenters. The third kappa shape index (κ3) is 3.38. The number of furan rings is 1. The third-order valence-corrected chi connectivity index (χ3v) is 2.97. The summed E-state index contributed by atoms with van der Waals surface area (Å²) in [5.74, 6) is 0.617. The Bertz CT molecular complexity index is 661. The van der Waals surface area contributed by atoms with E-state index in [4.69, 9.17) is 14.8 Å². The van der Waals surface area contributed by atoms with Crippen LogP contribution in [0.15, 0.2) is 41.0 Å². The summed E-state index contributed by atoms with van der Waals surface area (Å²) >= 11 is 0. The van der Waals surface area contributed by atoms with Gasteiger partial charge in [0.25, 0.3) is 5.69 Å². The molecule has 0 spiro atoms. The van der Waals surface area contributed by atoms with Crippen molar-refractivity contribution in [1.29, 1.82) is 5.26 Å². The largest absolute Gasteiger partial charge is 0.467 e. The first-order chi connectivity index (χ1) is 10.2. The summed E-state index contributed by atoms with van der Waals surface area (Å²) in [5, 5.41) is 32.0. The van der Waals surface area contributed by atoms with Crippen molar-refractivity contribution in [2.45, 2.75) is 12.5 Å². The summed E-state index contributed by atoms with van der Waals surface area (Å²) in [6.45, 7) is -0.0623. The smallest absolute Gasteiger partial charge is 0.270 e. The number of aliphatic hydroxyl groups is 1. The van der Waals surface area contributed by atoms with E-state index in [2.05, 4.69) is 5.32 Å². The summed E-state index contributed by atoms with van der Waals surface area (Å²) in [6, 6.07) is 9.09. The molecule has 108 valence electrons. The van der Waals surface area contributed by atoms with Crippen LogP contribution in [0.25, 0.3) is 0 Å². The molecule has 0 amide bonds. The second-order valence-corrected chi connectivity index (χ2v) is 4.32. The number of nitrogens with one attached hydrogen (secondary N) is 1. The zero-order valence-electron chi connectivity index (χ0n) is 11.0. The average Bonchev–Trinajstić information content (AvgIpc) is 3.01. The molecule has 0 saturated carbocycles. The number of nitro groups is 1. The van der Waals surface area contributed by atoms with Crippen molar-refractivity contribution in [2.24, 2.45) is 0 Å². The molecule has 2 rings (SSSR count). The van der Waals surface area contributed by atoms with Crippen LogP contribution in [-0.4, -0.2) is 16.6 Å². The number of nitrogens with zero attached hydrogens (tertiary/aromatic N) is 2. The van der Waals surface area contributed by atoms with Crippen molar-refractivity contribution < 1.29 is 14.4 Å². The lowest BCUT2D eigenvalue weighted by molar-refractivity contribution is -0.384. The number of hydrogen-bond acceptors (Lipinski definition) is 6.